The lowest BCUT2D eigenvalue weighted by Crippen LogP contribution is -2.23. The third kappa shape index (κ3) is 4.86. The van der Waals surface area contributed by atoms with E-state index in [2.05, 4.69) is 20.6 Å². The number of thiocarbonyl (C=S) groups is 1. The molecule has 2 N–H and O–H groups in total. The standard InChI is InChI=1S/C16H14FN3O2S/c1-22-15(21)11-6-8-13(9-7-11)19-16(23)20-18-10-12-4-2-3-5-14(12)17/h2-10H,1H3,(H2,19,20,23)/b18-10-. The Labute approximate surface area is 138 Å². The molecular formula is C16H14FN3O2S. The molecule has 0 amide bonds. The van der Waals surface area contributed by atoms with E-state index in [1.54, 1.807) is 42.5 Å². The van der Waals surface area contributed by atoms with Gasteiger partial charge in [0, 0.05) is 11.3 Å². The normalized spacial score (nSPS) is 10.3. The fourth-order valence-corrected chi connectivity index (χ4v) is 1.88. The number of hydrogen-bond donors (Lipinski definition) is 2. The van der Waals surface area contributed by atoms with Crippen LogP contribution < -0.4 is 10.7 Å². The molecule has 0 fully saturated rings. The number of ether oxygens (including phenoxy) is 1. The number of nitrogens with zero attached hydrogens (tertiary/aromatic N) is 1. The van der Waals surface area contributed by atoms with E-state index in [-0.39, 0.29) is 10.9 Å². The van der Waals surface area contributed by atoms with Crippen molar-refractivity contribution in [1.29, 1.82) is 0 Å². The van der Waals surface area contributed by atoms with E-state index in [0.29, 0.717) is 16.8 Å². The minimum Gasteiger partial charge on any atom is -0.465 e. The minimum atomic E-state index is -0.410. The van der Waals surface area contributed by atoms with Crippen LogP contribution in [-0.2, 0) is 4.74 Å². The van der Waals surface area contributed by atoms with Gasteiger partial charge in [0.25, 0.3) is 0 Å². The smallest absolute Gasteiger partial charge is 0.337 e. The Kier molecular flexibility index (Phi) is 5.76. The summed E-state index contributed by atoms with van der Waals surface area (Å²) in [6.45, 7) is 0. The van der Waals surface area contributed by atoms with E-state index in [1.165, 1.54) is 19.4 Å². The summed E-state index contributed by atoms with van der Waals surface area (Å²) < 4.78 is 18.0. The van der Waals surface area contributed by atoms with Crippen molar-refractivity contribution in [2.45, 2.75) is 0 Å². The number of benzene rings is 2. The highest BCUT2D eigenvalue weighted by Crippen LogP contribution is 2.10. The minimum absolute atomic E-state index is 0.239. The number of methoxy groups -OCH3 is 1. The Morgan fingerprint density at radius 2 is 1.91 bits per heavy atom. The summed E-state index contributed by atoms with van der Waals surface area (Å²) in [4.78, 5) is 11.3. The Hall–Kier alpha value is -2.80. The van der Waals surface area contributed by atoms with E-state index < -0.39 is 5.97 Å². The number of carbonyl (C=O) groups is 1. The molecule has 23 heavy (non-hydrogen) atoms. The van der Waals surface area contributed by atoms with Crippen molar-refractivity contribution in [1.82, 2.24) is 5.43 Å². The number of anilines is 1. The molecule has 0 radical (unpaired) electrons. The summed E-state index contributed by atoms with van der Waals surface area (Å²) in [6, 6.07) is 12.8. The number of esters is 1. The van der Waals surface area contributed by atoms with Crippen LogP contribution in [0.4, 0.5) is 10.1 Å². The molecule has 2 aromatic rings. The topological polar surface area (TPSA) is 62.7 Å². The zero-order valence-electron chi connectivity index (χ0n) is 12.2. The lowest BCUT2D eigenvalue weighted by Gasteiger charge is -2.07. The third-order valence-corrected chi connectivity index (χ3v) is 3.03. The number of hydrogen-bond acceptors (Lipinski definition) is 4. The predicted octanol–water partition coefficient (Wildman–Crippen LogP) is 2.93. The van der Waals surface area contributed by atoms with Gasteiger partial charge < -0.3 is 10.1 Å². The van der Waals surface area contributed by atoms with Gasteiger partial charge in [-0.3, -0.25) is 5.43 Å². The van der Waals surface area contributed by atoms with Crippen molar-refractivity contribution in [3.05, 3.63) is 65.5 Å². The van der Waals surface area contributed by atoms with Crippen LogP contribution in [0, 0.1) is 5.82 Å². The van der Waals surface area contributed by atoms with Crippen LogP contribution in [0.3, 0.4) is 0 Å². The Balaban J connectivity index is 1.90. The summed E-state index contributed by atoms with van der Waals surface area (Å²) in [6.07, 6.45) is 1.34. The Morgan fingerprint density at radius 3 is 2.57 bits per heavy atom. The molecule has 0 unspecified atom stereocenters. The number of halogens is 1. The number of nitrogens with one attached hydrogen (secondary N) is 2. The summed E-state index contributed by atoms with van der Waals surface area (Å²) in [5.74, 6) is -0.776. The van der Waals surface area contributed by atoms with Crippen LogP contribution in [0.5, 0.6) is 0 Å². The maximum atomic E-state index is 13.4. The van der Waals surface area contributed by atoms with Gasteiger partial charge in [0.15, 0.2) is 5.11 Å². The molecule has 118 valence electrons. The van der Waals surface area contributed by atoms with Gasteiger partial charge in [-0.25, -0.2) is 9.18 Å². The number of carbonyl (C=O) groups excluding carboxylic acids is 1. The van der Waals surface area contributed by atoms with E-state index in [0.717, 1.165) is 0 Å². The summed E-state index contributed by atoms with van der Waals surface area (Å²) in [7, 11) is 1.32. The monoisotopic (exact) mass is 331 g/mol. The summed E-state index contributed by atoms with van der Waals surface area (Å²) in [5, 5.41) is 6.99. The molecular weight excluding hydrogens is 317 g/mol. The highest BCUT2D eigenvalue weighted by Gasteiger charge is 2.04. The molecule has 2 rings (SSSR count). The molecule has 0 heterocycles. The lowest BCUT2D eigenvalue weighted by molar-refractivity contribution is 0.0601. The summed E-state index contributed by atoms with van der Waals surface area (Å²) >= 11 is 5.07. The highest BCUT2D eigenvalue weighted by molar-refractivity contribution is 7.80. The van der Waals surface area contributed by atoms with E-state index >= 15 is 0 Å². The van der Waals surface area contributed by atoms with Gasteiger partial charge in [0.1, 0.15) is 5.82 Å². The quantitative estimate of drug-likeness (QED) is 0.390. The molecule has 0 aromatic heterocycles. The SMILES string of the molecule is COC(=O)c1ccc(NC(=S)N/N=C\c2ccccc2F)cc1. The second kappa shape index (κ2) is 8.00. The Morgan fingerprint density at radius 1 is 1.22 bits per heavy atom. The first-order chi connectivity index (χ1) is 11.1. The largest absolute Gasteiger partial charge is 0.465 e. The third-order valence-electron chi connectivity index (χ3n) is 2.84. The van der Waals surface area contributed by atoms with Crippen molar-refractivity contribution in [2.75, 3.05) is 12.4 Å². The van der Waals surface area contributed by atoms with Crippen LogP contribution in [0.2, 0.25) is 0 Å². The second-order valence-corrected chi connectivity index (χ2v) is 4.82. The molecule has 0 saturated carbocycles. The maximum Gasteiger partial charge on any atom is 0.337 e. The van der Waals surface area contributed by atoms with Gasteiger partial charge in [0.2, 0.25) is 0 Å². The molecule has 0 aliphatic rings. The van der Waals surface area contributed by atoms with Crippen molar-refractivity contribution in [2.24, 2.45) is 5.10 Å². The summed E-state index contributed by atoms with van der Waals surface area (Å²) in [5.41, 5.74) is 4.06. The van der Waals surface area contributed by atoms with E-state index in [1.807, 2.05) is 0 Å². The van der Waals surface area contributed by atoms with Crippen molar-refractivity contribution < 1.29 is 13.9 Å². The fourth-order valence-electron chi connectivity index (χ4n) is 1.71. The van der Waals surface area contributed by atoms with E-state index in [4.69, 9.17) is 12.2 Å². The first kappa shape index (κ1) is 16.6. The average Bonchev–Trinajstić information content (AvgIpc) is 2.56. The fraction of sp³-hybridized carbons (Fsp3) is 0.0625. The molecule has 2 aromatic carbocycles. The van der Waals surface area contributed by atoms with Crippen LogP contribution >= 0.6 is 12.2 Å². The van der Waals surface area contributed by atoms with Gasteiger partial charge >= 0.3 is 5.97 Å². The van der Waals surface area contributed by atoms with Crippen LogP contribution in [0.25, 0.3) is 0 Å². The highest BCUT2D eigenvalue weighted by atomic mass is 32.1. The first-order valence-corrected chi connectivity index (χ1v) is 7.04. The molecule has 0 atom stereocenters. The van der Waals surface area contributed by atoms with Gasteiger partial charge in [0.05, 0.1) is 18.9 Å². The molecule has 7 heteroatoms. The predicted molar refractivity (Wildman–Crippen MR) is 91.1 cm³/mol. The molecule has 0 aliphatic carbocycles. The van der Waals surface area contributed by atoms with Crippen LogP contribution in [0.15, 0.2) is 53.6 Å². The van der Waals surface area contributed by atoms with Gasteiger partial charge in [-0.05, 0) is 42.5 Å². The second-order valence-electron chi connectivity index (χ2n) is 4.41. The van der Waals surface area contributed by atoms with E-state index in [9.17, 15) is 9.18 Å². The average molecular weight is 331 g/mol. The number of hydrazone groups is 1. The molecule has 0 aliphatic heterocycles. The Bertz CT molecular complexity index is 732. The zero-order valence-corrected chi connectivity index (χ0v) is 13.1. The van der Waals surface area contributed by atoms with Crippen molar-refractivity contribution in [3.8, 4) is 0 Å². The van der Waals surface area contributed by atoms with Crippen LogP contribution in [0.1, 0.15) is 15.9 Å². The molecule has 0 saturated heterocycles. The molecule has 5 nitrogen and oxygen atoms in total. The van der Waals surface area contributed by atoms with Gasteiger partial charge in [-0.2, -0.15) is 5.10 Å². The zero-order chi connectivity index (χ0) is 16.7. The van der Waals surface area contributed by atoms with Crippen LogP contribution in [-0.4, -0.2) is 24.4 Å². The van der Waals surface area contributed by atoms with Crippen molar-refractivity contribution in [3.63, 3.8) is 0 Å². The molecule has 0 spiro atoms. The lowest BCUT2D eigenvalue weighted by atomic mass is 10.2. The van der Waals surface area contributed by atoms with Gasteiger partial charge in [-0.15, -0.1) is 0 Å². The first-order valence-electron chi connectivity index (χ1n) is 6.63. The van der Waals surface area contributed by atoms with Crippen molar-refractivity contribution >= 4 is 35.2 Å². The molecule has 0 bridgehead atoms. The van der Waals surface area contributed by atoms with Gasteiger partial charge in [-0.1, -0.05) is 18.2 Å². The maximum absolute atomic E-state index is 13.4. The number of rotatable bonds is 4.